The zero-order valence-corrected chi connectivity index (χ0v) is 15.0. The molecular formula is C17H18N6O2S. The maximum absolute atomic E-state index is 12.1. The van der Waals surface area contributed by atoms with Gasteiger partial charge in [-0.2, -0.15) is 0 Å². The molecule has 0 atom stereocenters. The average Bonchev–Trinajstić information content (AvgIpc) is 3.18. The molecule has 0 aliphatic heterocycles. The first-order valence-electron chi connectivity index (χ1n) is 8.10. The Morgan fingerprint density at radius 1 is 1.27 bits per heavy atom. The smallest absolute Gasteiger partial charge is 0.259 e. The minimum absolute atomic E-state index is 0.275. The van der Waals surface area contributed by atoms with E-state index in [-0.39, 0.29) is 5.91 Å². The number of ether oxygens (including phenoxy) is 1. The zero-order chi connectivity index (χ0) is 18.2. The van der Waals surface area contributed by atoms with Crippen molar-refractivity contribution in [3.63, 3.8) is 0 Å². The Morgan fingerprint density at radius 3 is 2.92 bits per heavy atom. The van der Waals surface area contributed by atoms with Crippen LogP contribution in [0.15, 0.2) is 42.2 Å². The topological polar surface area (TPSA) is 102 Å². The highest BCUT2D eigenvalue weighted by Gasteiger charge is 2.09. The summed E-state index contributed by atoms with van der Waals surface area (Å²) in [5.74, 6) is 1.00. The fraction of sp³-hybridized carbons (Fsp3) is 0.235. The van der Waals surface area contributed by atoms with E-state index >= 15 is 0 Å². The number of hydrogen-bond donors (Lipinski definition) is 2. The maximum Gasteiger partial charge on any atom is 0.259 e. The van der Waals surface area contributed by atoms with Crippen molar-refractivity contribution < 1.29 is 9.53 Å². The molecule has 3 heterocycles. The van der Waals surface area contributed by atoms with Crippen molar-refractivity contribution in [1.82, 2.24) is 20.2 Å². The number of carbonyl (C=O) groups excluding carboxylic acids is 1. The van der Waals surface area contributed by atoms with Crippen molar-refractivity contribution in [2.75, 3.05) is 17.2 Å². The van der Waals surface area contributed by atoms with E-state index in [1.54, 1.807) is 23.8 Å². The lowest BCUT2D eigenvalue weighted by Crippen LogP contribution is -2.12. The molecule has 26 heavy (non-hydrogen) atoms. The van der Waals surface area contributed by atoms with Gasteiger partial charge in [0.1, 0.15) is 11.3 Å². The first kappa shape index (κ1) is 17.7. The molecule has 0 aliphatic rings. The summed E-state index contributed by atoms with van der Waals surface area (Å²) in [5.41, 5.74) is 2.94. The van der Waals surface area contributed by atoms with E-state index < -0.39 is 0 Å². The molecule has 0 aromatic carbocycles. The van der Waals surface area contributed by atoms with Crippen LogP contribution in [0, 0.1) is 0 Å². The summed E-state index contributed by atoms with van der Waals surface area (Å²) in [6, 6.07) is 7.26. The molecule has 0 saturated carbocycles. The summed E-state index contributed by atoms with van der Waals surface area (Å²) < 4.78 is 5.64. The molecule has 0 saturated heterocycles. The maximum atomic E-state index is 12.1. The Morgan fingerprint density at radius 2 is 2.19 bits per heavy atom. The summed E-state index contributed by atoms with van der Waals surface area (Å²) in [6.07, 6.45) is 4.14. The summed E-state index contributed by atoms with van der Waals surface area (Å²) in [6.45, 7) is 3.20. The fourth-order valence-corrected chi connectivity index (χ4v) is 2.54. The molecule has 3 aromatic rings. The van der Waals surface area contributed by atoms with Crippen molar-refractivity contribution in [3.05, 3.63) is 53.3 Å². The van der Waals surface area contributed by atoms with Gasteiger partial charge in [0.2, 0.25) is 11.0 Å². The van der Waals surface area contributed by atoms with Gasteiger partial charge in [0, 0.05) is 24.5 Å². The van der Waals surface area contributed by atoms with Gasteiger partial charge in [0.05, 0.1) is 12.2 Å². The van der Waals surface area contributed by atoms with E-state index in [1.807, 2.05) is 19.1 Å². The molecule has 134 valence electrons. The molecule has 0 spiro atoms. The largest absolute Gasteiger partial charge is 0.477 e. The highest BCUT2D eigenvalue weighted by atomic mass is 32.1. The highest BCUT2D eigenvalue weighted by molar-refractivity contribution is 7.13. The summed E-state index contributed by atoms with van der Waals surface area (Å²) in [5, 5.41) is 13.8. The number of nitrogens with zero attached hydrogens (tertiary/aromatic N) is 4. The molecule has 3 rings (SSSR count). The molecule has 0 aliphatic carbocycles. The lowest BCUT2D eigenvalue weighted by atomic mass is 10.2. The van der Waals surface area contributed by atoms with Crippen molar-refractivity contribution in [1.29, 1.82) is 0 Å². The number of anilines is 2. The second kappa shape index (κ2) is 8.86. The third-order valence-corrected chi connectivity index (χ3v) is 3.97. The van der Waals surface area contributed by atoms with Crippen LogP contribution in [-0.2, 0) is 6.54 Å². The van der Waals surface area contributed by atoms with Crippen molar-refractivity contribution >= 4 is 28.2 Å². The molecular weight excluding hydrogens is 352 g/mol. The van der Waals surface area contributed by atoms with Gasteiger partial charge in [0.15, 0.2) is 0 Å². The molecule has 2 N–H and O–H groups in total. The minimum atomic E-state index is -0.275. The molecule has 9 heteroatoms. The van der Waals surface area contributed by atoms with Crippen molar-refractivity contribution in [2.45, 2.75) is 19.9 Å². The normalized spacial score (nSPS) is 10.3. The van der Waals surface area contributed by atoms with Crippen LogP contribution in [0.5, 0.6) is 5.88 Å². The molecule has 0 fully saturated rings. The monoisotopic (exact) mass is 370 g/mol. The van der Waals surface area contributed by atoms with Gasteiger partial charge in [0.25, 0.3) is 5.91 Å². The Kier molecular flexibility index (Phi) is 6.05. The zero-order valence-electron chi connectivity index (χ0n) is 14.2. The second-order valence-corrected chi connectivity index (χ2v) is 6.13. The number of pyridine rings is 2. The molecule has 0 bridgehead atoms. The van der Waals surface area contributed by atoms with Crippen LogP contribution in [0.25, 0.3) is 0 Å². The summed E-state index contributed by atoms with van der Waals surface area (Å²) in [7, 11) is 0. The Labute approximate surface area is 154 Å². The third kappa shape index (κ3) is 4.73. The van der Waals surface area contributed by atoms with Gasteiger partial charge in [-0.1, -0.05) is 24.3 Å². The fourth-order valence-electron chi connectivity index (χ4n) is 2.10. The third-order valence-electron chi connectivity index (χ3n) is 3.36. The van der Waals surface area contributed by atoms with E-state index in [0.29, 0.717) is 35.5 Å². The van der Waals surface area contributed by atoms with E-state index in [2.05, 4.69) is 30.8 Å². The molecule has 8 nitrogen and oxygen atoms in total. The van der Waals surface area contributed by atoms with Crippen LogP contribution in [0.3, 0.4) is 0 Å². The van der Waals surface area contributed by atoms with Crippen molar-refractivity contribution in [3.8, 4) is 5.88 Å². The van der Waals surface area contributed by atoms with Crippen LogP contribution in [0.2, 0.25) is 0 Å². The standard InChI is InChI=1S/C17H18N6O2S/c1-2-8-25-16-13(4-3-7-18-16)10-20-14-6-5-12(9-19-14)15(24)22-17-23-21-11-26-17/h3-7,9,11H,2,8,10H2,1H3,(H,19,20)(H,22,23,24). The van der Waals surface area contributed by atoms with Gasteiger partial charge in [-0.3, -0.25) is 10.1 Å². The Bertz CT molecular complexity index is 839. The quantitative estimate of drug-likeness (QED) is 0.628. The minimum Gasteiger partial charge on any atom is -0.477 e. The first-order chi connectivity index (χ1) is 12.8. The van der Waals surface area contributed by atoms with Gasteiger partial charge in [-0.15, -0.1) is 10.2 Å². The van der Waals surface area contributed by atoms with E-state index in [0.717, 1.165) is 12.0 Å². The number of carbonyl (C=O) groups is 1. The predicted molar refractivity (Wildman–Crippen MR) is 99.4 cm³/mol. The SMILES string of the molecule is CCCOc1ncccc1CNc1ccc(C(=O)Nc2nncs2)cn1. The number of rotatable bonds is 8. The average molecular weight is 370 g/mol. The van der Waals surface area contributed by atoms with Crippen LogP contribution in [-0.4, -0.2) is 32.7 Å². The van der Waals surface area contributed by atoms with E-state index in [1.165, 1.54) is 17.5 Å². The Hall–Kier alpha value is -3.07. The highest BCUT2D eigenvalue weighted by Crippen LogP contribution is 2.17. The number of hydrogen-bond acceptors (Lipinski definition) is 8. The van der Waals surface area contributed by atoms with Crippen LogP contribution in [0.1, 0.15) is 29.3 Å². The number of aromatic nitrogens is 4. The summed E-state index contributed by atoms with van der Waals surface area (Å²) in [4.78, 5) is 20.6. The number of amides is 1. The second-order valence-electron chi connectivity index (χ2n) is 5.30. The molecule has 0 radical (unpaired) electrons. The van der Waals surface area contributed by atoms with Crippen molar-refractivity contribution in [2.24, 2.45) is 0 Å². The van der Waals surface area contributed by atoms with Crippen LogP contribution >= 0.6 is 11.3 Å². The lowest BCUT2D eigenvalue weighted by Gasteiger charge is -2.11. The van der Waals surface area contributed by atoms with E-state index in [4.69, 9.17) is 4.74 Å². The lowest BCUT2D eigenvalue weighted by molar-refractivity contribution is 0.102. The van der Waals surface area contributed by atoms with Gasteiger partial charge in [-0.05, 0) is 24.6 Å². The molecule has 1 amide bonds. The van der Waals surface area contributed by atoms with Gasteiger partial charge < -0.3 is 10.1 Å². The van der Waals surface area contributed by atoms with E-state index in [9.17, 15) is 4.79 Å². The van der Waals surface area contributed by atoms with Gasteiger partial charge in [-0.25, -0.2) is 9.97 Å². The van der Waals surface area contributed by atoms with Gasteiger partial charge >= 0.3 is 0 Å². The Balaban J connectivity index is 1.59. The first-order valence-corrected chi connectivity index (χ1v) is 8.98. The molecule has 3 aromatic heterocycles. The summed E-state index contributed by atoms with van der Waals surface area (Å²) >= 11 is 1.26. The number of nitrogens with one attached hydrogen (secondary N) is 2. The van der Waals surface area contributed by atoms with Crippen LogP contribution in [0.4, 0.5) is 10.9 Å². The molecule has 0 unspecified atom stereocenters. The predicted octanol–water partition coefficient (Wildman–Crippen LogP) is 2.98. The van der Waals surface area contributed by atoms with Crippen LogP contribution < -0.4 is 15.4 Å².